The second kappa shape index (κ2) is 6.06. The summed E-state index contributed by atoms with van der Waals surface area (Å²) in [6.45, 7) is 6.78. The average Bonchev–Trinajstić information content (AvgIpc) is 2.39. The van der Waals surface area contributed by atoms with E-state index >= 15 is 0 Å². The van der Waals surface area contributed by atoms with Crippen LogP contribution in [0.3, 0.4) is 0 Å². The molecule has 0 saturated carbocycles. The maximum absolute atomic E-state index is 5.96. The standard InChI is InChI=1S/C17H19NOS/c1-11-5-4-6-12(2)15(11)10-19-16-9-14(17(18)20)8-7-13(16)3/h4-9H,10H2,1-3H3,(H2,18,20). The van der Waals surface area contributed by atoms with Crippen LogP contribution in [0.2, 0.25) is 0 Å². The fraction of sp³-hybridized carbons (Fsp3) is 0.235. The molecule has 2 N–H and O–H groups in total. The van der Waals surface area contributed by atoms with E-state index < -0.39 is 0 Å². The van der Waals surface area contributed by atoms with Gasteiger partial charge in [0.15, 0.2) is 0 Å². The Hall–Kier alpha value is -1.87. The highest BCUT2D eigenvalue weighted by molar-refractivity contribution is 7.80. The van der Waals surface area contributed by atoms with Crippen LogP contribution in [0.5, 0.6) is 5.75 Å². The summed E-state index contributed by atoms with van der Waals surface area (Å²) in [5, 5.41) is 0. The quantitative estimate of drug-likeness (QED) is 0.867. The second-order valence-electron chi connectivity index (χ2n) is 5.00. The van der Waals surface area contributed by atoms with Gasteiger partial charge in [-0.1, -0.05) is 42.5 Å². The molecule has 0 aliphatic heterocycles. The Morgan fingerprint density at radius 2 is 1.70 bits per heavy atom. The van der Waals surface area contributed by atoms with Crippen LogP contribution in [0, 0.1) is 20.8 Å². The average molecular weight is 285 g/mol. The van der Waals surface area contributed by atoms with Gasteiger partial charge in [-0.15, -0.1) is 0 Å². The Bertz CT molecular complexity index is 629. The van der Waals surface area contributed by atoms with Crippen LogP contribution >= 0.6 is 12.2 Å². The summed E-state index contributed by atoms with van der Waals surface area (Å²) in [6, 6.07) is 12.1. The van der Waals surface area contributed by atoms with Gasteiger partial charge in [-0.2, -0.15) is 0 Å². The Kier molecular flexibility index (Phi) is 4.40. The number of benzene rings is 2. The van der Waals surface area contributed by atoms with E-state index in [1.807, 2.05) is 25.1 Å². The molecule has 0 aromatic heterocycles. The second-order valence-corrected chi connectivity index (χ2v) is 5.44. The van der Waals surface area contributed by atoms with Crippen molar-refractivity contribution in [2.45, 2.75) is 27.4 Å². The van der Waals surface area contributed by atoms with Gasteiger partial charge in [-0.05, 0) is 49.1 Å². The normalized spacial score (nSPS) is 10.3. The van der Waals surface area contributed by atoms with Crippen molar-refractivity contribution in [2.75, 3.05) is 0 Å². The monoisotopic (exact) mass is 285 g/mol. The summed E-state index contributed by atoms with van der Waals surface area (Å²) in [6.07, 6.45) is 0. The summed E-state index contributed by atoms with van der Waals surface area (Å²) < 4.78 is 5.96. The van der Waals surface area contributed by atoms with E-state index in [0.717, 1.165) is 16.9 Å². The van der Waals surface area contributed by atoms with Gasteiger partial charge in [-0.3, -0.25) is 0 Å². The largest absolute Gasteiger partial charge is 0.489 e. The first-order valence-electron chi connectivity index (χ1n) is 6.57. The van der Waals surface area contributed by atoms with E-state index in [-0.39, 0.29) is 0 Å². The molecule has 0 unspecified atom stereocenters. The van der Waals surface area contributed by atoms with E-state index in [9.17, 15) is 0 Å². The van der Waals surface area contributed by atoms with Gasteiger partial charge in [0.1, 0.15) is 17.3 Å². The van der Waals surface area contributed by atoms with Gasteiger partial charge in [0, 0.05) is 5.56 Å². The Balaban J connectivity index is 2.23. The number of hydrogen-bond acceptors (Lipinski definition) is 2. The van der Waals surface area contributed by atoms with Crippen molar-refractivity contribution in [1.82, 2.24) is 0 Å². The molecule has 104 valence electrons. The topological polar surface area (TPSA) is 35.2 Å². The molecule has 0 amide bonds. The van der Waals surface area contributed by atoms with Crippen molar-refractivity contribution in [3.05, 3.63) is 64.2 Å². The number of aryl methyl sites for hydroxylation is 3. The van der Waals surface area contributed by atoms with Crippen molar-refractivity contribution in [3.63, 3.8) is 0 Å². The third-order valence-corrected chi connectivity index (χ3v) is 3.72. The molecule has 0 radical (unpaired) electrons. The highest BCUT2D eigenvalue weighted by atomic mass is 32.1. The molecular weight excluding hydrogens is 266 g/mol. The van der Waals surface area contributed by atoms with Gasteiger partial charge in [0.2, 0.25) is 0 Å². The minimum Gasteiger partial charge on any atom is -0.489 e. The summed E-state index contributed by atoms with van der Waals surface area (Å²) in [5.41, 5.74) is 11.3. The van der Waals surface area contributed by atoms with Crippen LogP contribution in [0.1, 0.15) is 27.8 Å². The molecule has 0 bridgehead atoms. The Morgan fingerprint density at radius 3 is 2.30 bits per heavy atom. The fourth-order valence-corrected chi connectivity index (χ4v) is 2.26. The van der Waals surface area contributed by atoms with Crippen molar-refractivity contribution in [3.8, 4) is 5.75 Å². The molecule has 2 aromatic rings. The zero-order chi connectivity index (χ0) is 14.7. The third kappa shape index (κ3) is 3.17. The summed E-state index contributed by atoms with van der Waals surface area (Å²) in [4.78, 5) is 0.391. The van der Waals surface area contributed by atoms with Crippen LogP contribution in [0.4, 0.5) is 0 Å². The van der Waals surface area contributed by atoms with Crippen LogP contribution in [0.15, 0.2) is 36.4 Å². The predicted molar refractivity (Wildman–Crippen MR) is 87.3 cm³/mol. The van der Waals surface area contributed by atoms with Crippen molar-refractivity contribution >= 4 is 17.2 Å². The first-order valence-corrected chi connectivity index (χ1v) is 6.98. The van der Waals surface area contributed by atoms with Crippen LogP contribution in [-0.2, 0) is 6.61 Å². The van der Waals surface area contributed by atoms with Crippen LogP contribution < -0.4 is 10.5 Å². The van der Waals surface area contributed by atoms with Crippen molar-refractivity contribution in [2.24, 2.45) is 5.73 Å². The van der Waals surface area contributed by atoms with E-state index in [4.69, 9.17) is 22.7 Å². The molecule has 0 aliphatic carbocycles. The summed E-state index contributed by atoms with van der Waals surface area (Å²) in [7, 11) is 0. The predicted octanol–water partition coefficient (Wildman–Crippen LogP) is 3.83. The van der Waals surface area contributed by atoms with E-state index in [0.29, 0.717) is 11.6 Å². The minimum atomic E-state index is 0.391. The zero-order valence-corrected chi connectivity index (χ0v) is 12.9. The van der Waals surface area contributed by atoms with Gasteiger partial charge in [0.25, 0.3) is 0 Å². The highest BCUT2D eigenvalue weighted by Crippen LogP contribution is 2.22. The third-order valence-electron chi connectivity index (χ3n) is 3.49. The smallest absolute Gasteiger partial charge is 0.123 e. The van der Waals surface area contributed by atoms with Crippen molar-refractivity contribution in [1.29, 1.82) is 0 Å². The van der Waals surface area contributed by atoms with Gasteiger partial charge in [0.05, 0.1) is 0 Å². The lowest BCUT2D eigenvalue weighted by Gasteiger charge is -2.14. The van der Waals surface area contributed by atoms with Crippen molar-refractivity contribution < 1.29 is 4.74 Å². The minimum absolute atomic E-state index is 0.391. The SMILES string of the molecule is Cc1ccc(C(N)=S)cc1OCc1c(C)cccc1C. The molecule has 3 heteroatoms. The summed E-state index contributed by atoms with van der Waals surface area (Å²) >= 11 is 5.01. The molecule has 0 saturated heterocycles. The molecule has 0 fully saturated rings. The fourth-order valence-electron chi connectivity index (χ4n) is 2.14. The number of rotatable bonds is 4. The molecular formula is C17H19NOS. The lowest BCUT2D eigenvalue weighted by Crippen LogP contribution is -2.10. The zero-order valence-electron chi connectivity index (χ0n) is 12.1. The molecule has 2 nitrogen and oxygen atoms in total. The molecule has 0 atom stereocenters. The molecule has 20 heavy (non-hydrogen) atoms. The van der Waals surface area contributed by atoms with Crippen LogP contribution in [0.25, 0.3) is 0 Å². The molecule has 0 heterocycles. The highest BCUT2D eigenvalue weighted by Gasteiger charge is 2.07. The van der Waals surface area contributed by atoms with Gasteiger partial charge in [-0.25, -0.2) is 0 Å². The molecule has 0 aliphatic rings. The van der Waals surface area contributed by atoms with Gasteiger partial charge < -0.3 is 10.5 Å². The lowest BCUT2D eigenvalue weighted by atomic mass is 10.0. The lowest BCUT2D eigenvalue weighted by molar-refractivity contribution is 0.302. The maximum atomic E-state index is 5.96. The van der Waals surface area contributed by atoms with Crippen LogP contribution in [-0.4, -0.2) is 4.99 Å². The number of nitrogens with two attached hydrogens (primary N) is 1. The summed E-state index contributed by atoms with van der Waals surface area (Å²) in [5.74, 6) is 0.831. The molecule has 2 aromatic carbocycles. The van der Waals surface area contributed by atoms with E-state index in [1.165, 1.54) is 16.7 Å². The van der Waals surface area contributed by atoms with Gasteiger partial charge >= 0.3 is 0 Å². The molecule has 2 rings (SSSR count). The first kappa shape index (κ1) is 14.5. The number of ether oxygens (including phenoxy) is 1. The number of thiocarbonyl (C=S) groups is 1. The first-order chi connectivity index (χ1) is 9.49. The van der Waals surface area contributed by atoms with E-state index in [2.05, 4.69) is 32.0 Å². The Labute approximate surface area is 125 Å². The van der Waals surface area contributed by atoms with E-state index in [1.54, 1.807) is 0 Å². The number of hydrogen-bond donors (Lipinski definition) is 1. The molecule has 0 spiro atoms. The maximum Gasteiger partial charge on any atom is 0.123 e. The Morgan fingerprint density at radius 1 is 1.05 bits per heavy atom.